The van der Waals surface area contributed by atoms with E-state index < -0.39 is 27.6 Å². The monoisotopic (exact) mass is 361 g/mol. The van der Waals surface area contributed by atoms with Crippen molar-refractivity contribution in [2.24, 2.45) is 0 Å². The largest absolute Gasteiger partial charge is 0.350 e. The summed E-state index contributed by atoms with van der Waals surface area (Å²) in [5.41, 5.74) is 0.608. The molecule has 1 aromatic carbocycles. The molecule has 1 aromatic rings. The number of halogens is 2. The van der Waals surface area contributed by atoms with E-state index in [9.17, 15) is 22.0 Å². The first-order valence-electron chi connectivity index (χ1n) is 7.55. The van der Waals surface area contributed by atoms with Gasteiger partial charge < -0.3 is 10.6 Å². The first-order valence-corrected chi connectivity index (χ1v) is 9.39. The van der Waals surface area contributed by atoms with Crippen LogP contribution in [0, 0.1) is 11.6 Å². The molecule has 2 unspecified atom stereocenters. The Balaban J connectivity index is 2.09. The average Bonchev–Trinajstić information content (AvgIpc) is 2.49. The van der Waals surface area contributed by atoms with E-state index in [0.717, 1.165) is 22.7 Å². The molecule has 2 rings (SSSR count). The number of nitrogens with one attached hydrogen (secondary N) is 2. The second-order valence-electron chi connectivity index (χ2n) is 5.97. The summed E-state index contributed by atoms with van der Waals surface area (Å²) >= 11 is 0. The minimum atomic E-state index is -3.45. The maximum absolute atomic E-state index is 13.5. The summed E-state index contributed by atoms with van der Waals surface area (Å²) in [6.45, 7) is 0.872. The number of rotatable bonds is 5. The number of sulfonamides is 1. The number of nitrogens with zero attached hydrogens (tertiary/aromatic N) is 1. The van der Waals surface area contributed by atoms with Crippen LogP contribution in [0.5, 0.6) is 0 Å². The van der Waals surface area contributed by atoms with Crippen molar-refractivity contribution in [1.29, 1.82) is 0 Å². The summed E-state index contributed by atoms with van der Waals surface area (Å²) in [7, 11) is -2.13. The van der Waals surface area contributed by atoms with Crippen molar-refractivity contribution < 1.29 is 22.0 Å². The van der Waals surface area contributed by atoms with Crippen LogP contribution >= 0.6 is 0 Å². The van der Waals surface area contributed by atoms with Crippen LogP contribution in [-0.4, -0.2) is 57.6 Å². The number of benzene rings is 1. The molecule has 2 atom stereocenters. The van der Waals surface area contributed by atoms with Gasteiger partial charge in [0.2, 0.25) is 15.9 Å². The lowest BCUT2D eigenvalue weighted by molar-refractivity contribution is -0.122. The number of hydrogen-bond acceptors (Lipinski definition) is 4. The predicted octanol–water partition coefficient (Wildman–Crippen LogP) is 0.418. The summed E-state index contributed by atoms with van der Waals surface area (Å²) in [4.78, 5) is 12.1. The molecule has 134 valence electrons. The van der Waals surface area contributed by atoms with Crippen LogP contribution in [0.3, 0.4) is 0 Å². The van der Waals surface area contributed by atoms with Gasteiger partial charge in [0.15, 0.2) is 11.6 Å². The van der Waals surface area contributed by atoms with Crippen molar-refractivity contribution in [2.45, 2.75) is 18.4 Å². The molecule has 0 aliphatic carbocycles. The minimum Gasteiger partial charge on any atom is -0.350 e. The van der Waals surface area contributed by atoms with Gasteiger partial charge in [-0.1, -0.05) is 6.07 Å². The van der Waals surface area contributed by atoms with Crippen LogP contribution in [-0.2, 0) is 14.8 Å². The van der Waals surface area contributed by atoms with Crippen LogP contribution in [0.15, 0.2) is 18.2 Å². The standard InChI is InChI=1S/C15H21F2N3O3S/c1-20(24(2,22)23)9-15(21)19-14-8-18-6-5-11(14)10-3-4-12(16)13(17)7-10/h3-4,7,11,14,18H,5-6,8-9H2,1-2H3,(H,19,21). The van der Waals surface area contributed by atoms with Gasteiger partial charge >= 0.3 is 0 Å². The molecule has 1 heterocycles. The van der Waals surface area contributed by atoms with Gasteiger partial charge in [-0.05, 0) is 30.7 Å². The third-order valence-corrected chi connectivity index (χ3v) is 5.39. The van der Waals surface area contributed by atoms with Crippen LogP contribution in [0.1, 0.15) is 17.9 Å². The Morgan fingerprint density at radius 2 is 2.08 bits per heavy atom. The fourth-order valence-corrected chi connectivity index (χ4v) is 3.08. The number of carbonyl (C=O) groups excluding carboxylic acids is 1. The van der Waals surface area contributed by atoms with E-state index in [1.54, 1.807) is 0 Å². The average molecular weight is 361 g/mol. The molecular formula is C15H21F2N3O3S. The van der Waals surface area contributed by atoms with Crippen molar-refractivity contribution in [1.82, 2.24) is 14.9 Å². The Morgan fingerprint density at radius 3 is 2.71 bits per heavy atom. The molecule has 0 radical (unpaired) electrons. The number of piperidine rings is 1. The maximum Gasteiger partial charge on any atom is 0.235 e. The van der Waals surface area contributed by atoms with Crippen LogP contribution in [0.2, 0.25) is 0 Å². The van der Waals surface area contributed by atoms with Gasteiger partial charge in [0, 0.05) is 25.6 Å². The molecule has 1 fully saturated rings. The zero-order valence-corrected chi connectivity index (χ0v) is 14.4. The molecule has 0 spiro atoms. The molecule has 1 aliphatic rings. The molecule has 0 bridgehead atoms. The van der Waals surface area contributed by atoms with Gasteiger partial charge in [-0.25, -0.2) is 17.2 Å². The Labute approximate surface area is 140 Å². The number of amides is 1. The molecular weight excluding hydrogens is 340 g/mol. The zero-order chi connectivity index (χ0) is 17.9. The summed E-state index contributed by atoms with van der Waals surface area (Å²) in [5, 5.41) is 5.92. The predicted molar refractivity (Wildman–Crippen MR) is 86.0 cm³/mol. The Kier molecular flexibility index (Phi) is 5.89. The zero-order valence-electron chi connectivity index (χ0n) is 13.6. The highest BCUT2D eigenvalue weighted by Gasteiger charge is 2.29. The lowest BCUT2D eigenvalue weighted by atomic mass is 9.86. The molecule has 1 amide bonds. The Hall–Kier alpha value is -1.58. The van der Waals surface area contributed by atoms with Crippen molar-refractivity contribution in [3.8, 4) is 0 Å². The normalized spacial score (nSPS) is 21.7. The summed E-state index contributed by atoms with van der Waals surface area (Å²) < 4.78 is 50.3. The van der Waals surface area contributed by atoms with Gasteiger partial charge in [-0.3, -0.25) is 4.79 Å². The fourth-order valence-electron chi connectivity index (χ4n) is 2.72. The quantitative estimate of drug-likeness (QED) is 0.797. The third-order valence-electron chi connectivity index (χ3n) is 4.13. The van der Waals surface area contributed by atoms with Gasteiger partial charge in [0.1, 0.15) is 0 Å². The Bertz CT molecular complexity index is 712. The van der Waals surface area contributed by atoms with E-state index in [1.165, 1.54) is 13.1 Å². The molecule has 1 saturated heterocycles. The maximum atomic E-state index is 13.5. The first-order chi connectivity index (χ1) is 11.2. The van der Waals surface area contributed by atoms with E-state index >= 15 is 0 Å². The van der Waals surface area contributed by atoms with Gasteiger partial charge in [-0.15, -0.1) is 0 Å². The number of carbonyl (C=O) groups is 1. The van der Waals surface area contributed by atoms with Crippen LogP contribution in [0.4, 0.5) is 8.78 Å². The molecule has 0 aromatic heterocycles. The molecule has 6 nitrogen and oxygen atoms in total. The smallest absolute Gasteiger partial charge is 0.235 e. The highest BCUT2D eigenvalue weighted by molar-refractivity contribution is 7.88. The highest BCUT2D eigenvalue weighted by atomic mass is 32.2. The van der Waals surface area contributed by atoms with Crippen molar-refractivity contribution in [3.63, 3.8) is 0 Å². The summed E-state index contributed by atoms with van der Waals surface area (Å²) in [6, 6.07) is 3.40. The van der Waals surface area contributed by atoms with E-state index in [4.69, 9.17) is 0 Å². The lowest BCUT2D eigenvalue weighted by Gasteiger charge is -2.33. The second kappa shape index (κ2) is 7.54. The van der Waals surface area contributed by atoms with Crippen molar-refractivity contribution >= 4 is 15.9 Å². The van der Waals surface area contributed by atoms with E-state index in [1.807, 2.05) is 0 Å². The van der Waals surface area contributed by atoms with Gasteiger partial charge in [0.05, 0.1) is 12.8 Å². The number of hydrogen-bond donors (Lipinski definition) is 2. The molecule has 9 heteroatoms. The van der Waals surface area contributed by atoms with E-state index in [-0.39, 0.29) is 18.5 Å². The van der Waals surface area contributed by atoms with Gasteiger partial charge in [0.25, 0.3) is 0 Å². The third kappa shape index (κ3) is 4.71. The van der Waals surface area contributed by atoms with Gasteiger partial charge in [-0.2, -0.15) is 4.31 Å². The van der Waals surface area contributed by atoms with Crippen molar-refractivity contribution in [2.75, 3.05) is 32.9 Å². The van der Waals surface area contributed by atoms with E-state index in [0.29, 0.717) is 25.1 Å². The van der Waals surface area contributed by atoms with Crippen LogP contribution < -0.4 is 10.6 Å². The molecule has 1 aliphatic heterocycles. The fraction of sp³-hybridized carbons (Fsp3) is 0.533. The SMILES string of the molecule is CN(CC(=O)NC1CNCCC1c1ccc(F)c(F)c1)S(C)(=O)=O. The number of likely N-dealkylation sites (N-methyl/N-ethyl adjacent to an activating group) is 1. The molecule has 0 saturated carbocycles. The topological polar surface area (TPSA) is 78.5 Å². The van der Waals surface area contributed by atoms with Crippen molar-refractivity contribution in [3.05, 3.63) is 35.4 Å². The first kappa shape index (κ1) is 18.8. The highest BCUT2D eigenvalue weighted by Crippen LogP contribution is 2.27. The van der Waals surface area contributed by atoms with E-state index in [2.05, 4.69) is 10.6 Å². The minimum absolute atomic E-state index is 0.172. The van der Waals surface area contributed by atoms with Crippen LogP contribution in [0.25, 0.3) is 0 Å². The molecule has 24 heavy (non-hydrogen) atoms. The second-order valence-corrected chi connectivity index (χ2v) is 8.06. The summed E-state index contributed by atoms with van der Waals surface area (Å²) in [6.07, 6.45) is 1.67. The Morgan fingerprint density at radius 1 is 1.38 bits per heavy atom. The lowest BCUT2D eigenvalue weighted by Crippen LogP contribution is -2.52. The summed E-state index contributed by atoms with van der Waals surface area (Å²) in [5.74, 6) is -2.45. The molecule has 2 N–H and O–H groups in total.